The lowest BCUT2D eigenvalue weighted by atomic mass is 9.75. The van der Waals surface area contributed by atoms with Crippen molar-refractivity contribution < 1.29 is 14.3 Å². The third-order valence-corrected chi connectivity index (χ3v) is 5.21. The Bertz CT molecular complexity index is 603. The second-order valence-electron chi connectivity index (χ2n) is 6.97. The Kier molecular flexibility index (Phi) is 6.59. The van der Waals surface area contributed by atoms with Crippen molar-refractivity contribution >= 4 is 11.8 Å². The fraction of sp³-hybridized carbons (Fsp3) is 0.619. The van der Waals surface area contributed by atoms with Gasteiger partial charge in [0.25, 0.3) is 0 Å². The second kappa shape index (κ2) is 8.46. The van der Waals surface area contributed by atoms with Crippen LogP contribution in [0.4, 0.5) is 0 Å². The third-order valence-electron chi connectivity index (χ3n) is 5.21. The van der Waals surface area contributed by atoms with Gasteiger partial charge in [0.2, 0.25) is 0 Å². The Morgan fingerprint density at radius 1 is 1.08 bits per heavy atom. The summed E-state index contributed by atoms with van der Waals surface area (Å²) in [7, 11) is 0. The lowest BCUT2D eigenvalue weighted by Crippen LogP contribution is -2.35. The zero-order chi connectivity index (χ0) is 17.7. The van der Waals surface area contributed by atoms with Crippen molar-refractivity contribution in [2.24, 2.45) is 11.8 Å². The molecule has 2 rings (SSSR count). The van der Waals surface area contributed by atoms with Gasteiger partial charge in [-0.2, -0.15) is 0 Å². The van der Waals surface area contributed by atoms with Crippen molar-refractivity contribution in [1.82, 2.24) is 0 Å². The maximum atomic E-state index is 13.0. The van der Waals surface area contributed by atoms with Crippen LogP contribution in [0.5, 0.6) is 0 Å². The molecular formula is C21H30O3. The second-order valence-corrected chi connectivity index (χ2v) is 6.97. The van der Waals surface area contributed by atoms with E-state index in [9.17, 15) is 9.59 Å². The van der Waals surface area contributed by atoms with E-state index in [1.807, 2.05) is 6.92 Å². The van der Waals surface area contributed by atoms with Crippen LogP contribution in [0, 0.1) is 25.7 Å². The van der Waals surface area contributed by atoms with E-state index in [0.717, 1.165) is 37.7 Å². The highest BCUT2D eigenvalue weighted by molar-refractivity contribution is 5.89. The van der Waals surface area contributed by atoms with Crippen LogP contribution in [-0.4, -0.2) is 18.4 Å². The van der Waals surface area contributed by atoms with Gasteiger partial charge in [-0.15, -0.1) is 0 Å². The lowest BCUT2D eigenvalue weighted by Gasteiger charge is -2.29. The average Bonchev–Trinajstić information content (AvgIpc) is 2.57. The van der Waals surface area contributed by atoms with E-state index >= 15 is 0 Å². The van der Waals surface area contributed by atoms with Crippen LogP contribution < -0.4 is 0 Å². The molecule has 0 aromatic heterocycles. The largest absolute Gasteiger partial charge is 0.466 e. The van der Waals surface area contributed by atoms with Crippen molar-refractivity contribution in [3.63, 3.8) is 0 Å². The normalized spacial score (nSPS) is 20.7. The van der Waals surface area contributed by atoms with Crippen molar-refractivity contribution in [3.05, 3.63) is 34.4 Å². The maximum absolute atomic E-state index is 13.0. The van der Waals surface area contributed by atoms with Crippen molar-refractivity contribution in [2.45, 2.75) is 66.2 Å². The number of aryl methyl sites for hydroxylation is 3. The number of carbonyl (C=O) groups excluding carboxylic acids is 2. The molecular weight excluding hydrogens is 300 g/mol. The molecule has 0 saturated heterocycles. The first-order valence-electron chi connectivity index (χ1n) is 9.26. The van der Waals surface area contributed by atoms with Crippen LogP contribution in [0.25, 0.3) is 0 Å². The molecule has 132 valence electrons. The molecule has 0 aliphatic heterocycles. The summed E-state index contributed by atoms with van der Waals surface area (Å²) in [4.78, 5) is 25.2. The molecule has 1 aromatic rings. The van der Waals surface area contributed by atoms with Crippen LogP contribution in [0.3, 0.4) is 0 Å². The maximum Gasteiger partial charge on any atom is 0.309 e. The van der Waals surface area contributed by atoms with Crippen LogP contribution >= 0.6 is 0 Å². The number of hydrogen-bond acceptors (Lipinski definition) is 3. The molecule has 1 aromatic carbocycles. The molecule has 1 aliphatic rings. The van der Waals surface area contributed by atoms with E-state index in [4.69, 9.17) is 4.74 Å². The van der Waals surface area contributed by atoms with Gasteiger partial charge in [0, 0.05) is 12.3 Å². The Labute approximate surface area is 145 Å². The number of benzene rings is 1. The third kappa shape index (κ3) is 4.25. The van der Waals surface area contributed by atoms with E-state index in [-0.39, 0.29) is 23.6 Å². The van der Waals surface area contributed by atoms with Crippen LogP contribution in [0.1, 0.15) is 61.8 Å². The highest BCUT2D eigenvalue weighted by Gasteiger charge is 2.36. The minimum atomic E-state index is -0.248. The molecule has 3 nitrogen and oxygen atoms in total. The molecule has 1 saturated carbocycles. The van der Waals surface area contributed by atoms with Gasteiger partial charge in [0.05, 0.1) is 12.5 Å². The van der Waals surface area contributed by atoms with E-state index in [1.54, 1.807) is 0 Å². The molecule has 0 radical (unpaired) electrons. The van der Waals surface area contributed by atoms with Gasteiger partial charge in [-0.25, -0.2) is 0 Å². The molecule has 0 spiro atoms. The first-order valence-corrected chi connectivity index (χ1v) is 9.26. The standard InChI is InChI=1S/C21H30O3/c1-5-16-12-14(3)11-15(4)19(16)13-20(22)17-9-7-8-10-18(17)21(23)24-6-2/h11-12,17-18H,5-10,13H2,1-4H3. The monoisotopic (exact) mass is 330 g/mol. The lowest BCUT2D eigenvalue weighted by molar-refractivity contribution is -0.153. The fourth-order valence-electron chi connectivity index (χ4n) is 4.01. The summed E-state index contributed by atoms with van der Waals surface area (Å²) in [6, 6.07) is 4.32. The molecule has 2 unspecified atom stereocenters. The molecule has 24 heavy (non-hydrogen) atoms. The van der Waals surface area contributed by atoms with Gasteiger partial charge in [0.15, 0.2) is 0 Å². The predicted octanol–water partition coefficient (Wildman–Crippen LogP) is 4.35. The summed E-state index contributed by atoms with van der Waals surface area (Å²) in [5.41, 5.74) is 4.83. The van der Waals surface area contributed by atoms with Crippen LogP contribution in [0.2, 0.25) is 0 Å². The molecule has 0 bridgehead atoms. The van der Waals surface area contributed by atoms with E-state index in [2.05, 4.69) is 32.9 Å². The zero-order valence-electron chi connectivity index (χ0n) is 15.5. The SMILES string of the molecule is CCOC(=O)C1CCCCC1C(=O)Cc1c(C)cc(C)cc1CC. The Hall–Kier alpha value is -1.64. The highest BCUT2D eigenvalue weighted by atomic mass is 16.5. The van der Waals surface area contributed by atoms with Gasteiger partial charge < -0.3 is 4.74 Å². The quantitative estimate of drug-likeness (QED) is 0.728. The highest BCUT2D eigenvalue weighted by Crippen LogP contribution is 2.33. The minimum absolute atomic E-state index is 0.178. The zero-order valence-corrected chi connectivity index (χ0v) is 15.5. The molecule has 1 fully saturated rings. The van der Waals surface area contributed by atoms with Crippen LogP contribution in [-0.2, 0) is 27.2 Å². The summed E-state index contributed by atoms with van der Waals surface area (Å²) < 4.78 is 5.21. The summed E-state index contributed by atoms with van der Waals surface area (Å²) in [6.07, 6.45) is 5.00. The molecule has 3 heteroatoms. The van der Waals surface area contributed by atoms with E-state index in [1.165, 1.54) is 16.7 Å². The van der Waals surface area contributed by atoms with Crippen molar-refractivity contribution in [2.75, 3.05) is 6.61 Å². The predicted molar refractivity (Wildman–Crippen MR) is 96.1 cm³/mol. The fourth-order valence-corrected chi connectivity index (χ4v) is 4.01. The Morgan fingerprint density at radius 2 is 1.75 bits per heavy atom. The van der Waals surface area contributed by atoms with Gasteiger partial charge >= 0.3 is 5.97 Å². The molecule has 1 aliphatic carbocycles. The summed E-state index contributed by atoms with van der Waals surface area (Å²) >= 11 is 0. The molecule has 0 N–H and O–H groups in total. The summed E-state index contributed by atoms with van der Waals surface area (Å²) in [6.45, 7) is 8.51. The minimum Gasteiger partial charge on any atom is -0.466 e. The number of Topliss-reactive ketones (excluding diaryl/α,β-unsaturated/α-hetero) is 1. The van der Waals surface area contributed by atoms with Gasteiger partial charge in [-0.3, -0.25) is 9.59 Å². The van der Waals surface area contributed by atoms with Crippen LogP contribution in [0.15, 0.2) is 12.1 Å². The van der Waals surface area contributed by atoms with E-state index in [0.29, 0.717) is 13.0 Å². The number of carbonyl (C=O) groups is 2. The van der Waals surface area contributed by atoms with Gasteiger partial charge in [-0.1, -0.05) is 37.5 Å². The number of esters is 1. The topological polar surface area (TPSA) is 43.4 Å². The molecule has 0 amide bonds. The Morgan fingerprint density at radius 3 is 2.38 bits per heavy atom. The Balaban J connectivity index is 2.20. The summed E-state index contributed by atoms with van der Waals surface area (Å²) in [5.74, 6) is -0.411. The molecule has 0 heterocycles. The van der Waals surface area contributed by atoms with Crippen molar-refractivity contribution in [1.29, 1.82) is 0 Å². The average molecular weight is 330 g/mol. The van der Waals surface area contributed by atoms with Gasteiger partial charge in [0.1, 0.15) is 5.78 Å². The first-order chi connectivity index (χ1) is 11.5. The van der Waals surface area contributed by atoms with Gasteiger partial charge in [-0.05, 0) is 56.7 Å². The number of ketones is 1. The number of hydrogen-bond donors (Lipinski definition) is 0. The van der Waals surface area contributed by atoms with Crippen molar-refractivity contribution in [3.8, 4) is 0 Å². The smallest absolute Gasteiger partial charge is 0.309 e. The molecule has 2 atom stereocenters. The first kappa shape index (κ1) is 18.7. The van der Waals surface area contributed by atoms with E-state index < -0.39 is 0 Å². The number of ether oxygens (including phenoxy) is 1. The number of rotatable bonds is 6. The summed E-state index contributed by atoms with van der Waals surface area (Å²) in [5, 5.41) is 0.